The molecule has 0 radical (unpaired) electrons. The van der Waals surface area contributed by atoms with Gasteiger partial charge in [0, 0.05) is 12.7 Å². The van der Waals surface area contributed by atoms with Gasteiger partial charge in [-0.1, -0.05) is 0 Å². The molecular formula is C12H12O5. The molecule has 90 valence electrons. The van der Waals surface area contributed by atoms with Gasteiger partial charge in [0.15, 0.2) is 23.1 Å². The average Bonchev–Trinajstić information content (AvgIpc) is 2.75. The van der Waals surface area contributed by atoms with Crippen LogP contribution in [0, 0.1) is 0 Å². The summed E-state index contributed by atoms with van der Waals surface area (Å²) >= 11 is 0. The summed E-state index contributed by atoms with van der Waals surface area (Å²) in [6, 6.07) is 4.87. The molecule has 0 amide bonds. The van der Waals surface area contributed by atoms with E-state index in [0.29, 0.717) is 17.1 Å². The Labute approximate surface area is 98.3 Å². The quantitative estimate of drug-likeness (QED) is 0.568. The molecule has 17 heavy (non-hydrogen) atoms. The zero-order chi connectivity index (χ0) is 12.3. The molecule has 5 heteroatoms. The Bertz CT molecular complexity index is 452. The van der Waals surface area contributed by atoms with E-state index in [4.69, 9.17) is 9.47 Å². The van der Waals surface area contributed by atoms with Crippen molar-refractivity contribution in [3.63, 3.8) is 0 Å². The first-order chi connectivity index (χ1) is 8.20. The number of fused-ring (bicyclic) bond motifs is 1. The van der Waals surface area contributed by atoms with Crippen LogP contribution in [0.5, 0.6) is 11.5 Å². The van der Waals surface area contributed by atoms with Crippen molar-refractivity contribution < 1.29 is 23.8 Å². The van der Waals surface area contributed by atoms with Gasteiger partial charge < -0.3 is 14.2 Å². The van der Waals surface area contributed by atoms with Crippen LogP contribution >= 0.6 is 0 Å². The number of benzene rings is 1. The Morgan fingerprint density at radius 3 is 2.82 bits per heavy atom. The van der Waals surface area contributed by atoms with Crippen LogP contribution in [0.25, 0.3) is 0 Å². The normalized spacial score (nSPS) is 12.5. The summed E-state index contributed by atoms with van der Waals surface area (Å²) in [6.07, 6.45) is -0.159. The zero-order valence-corrected chi connectivity index (χ0v) is 9.39. The molecule has 1 aliphatic heterocycles. The monoisotopic (exact) mass is 236 g/mol. The second-order valence-corrected chi connectivity index (χ2v) is 3.64. The third-order valence-corrected chi connectivity index (χ3v) is 2.36. The molecule has 0 aromatic heterocycles. The number of rotatable bonds is 5. The van der Waals surface area contributed by atoms with E-state index < -0.39 is 0 Å². The predicted octanol–water partition coefficient (Wildman–Crippen LogP) is 1.20. The summed E-state index contributed by atoms with van der Waals surface area (Å²) in [6.45, 7) is 0.117. The lowest BCUT2D eigenvalue weighted by atomic mass is 10.1. The highest BCUT2D eigenvalue weighted by molar-refractivity contribution is 6.08. The van der Waals surface area contributed by atoms with Gasteiger partial charge in [-0.3, -0.25) is 9.59 Å². The van der Waals surface area contributed by atoms with E-state index in [1.807, 2.05) is 0 Å². The fourth-order valence-corrected chi connectivity index (χ4v) is 1.56. The van der Waals surface area contributed by atoms with Crippen molar-refractivity contribution >= 4 is 11.6 Å². The highest BCUT2D eigenvalue weighted by atomic mass is 16.7. The van der Waals surface area contributed by atoms with Gasteiger partial charge in [0.25, 0.3) is 0 Å². The first-order valence-electron chi connectivity index (χ1n) is 5.14. The average molecular weight is 236 g/mol. The van der Waals surface area contributed by atoms with Gasteiger partial charge in [0.1, 0.15) is 6.61 Å². The van der Waals surface area contributed by atoms with E-state index >= 15 is 0 Å². The van der Waals surface area contributed by atoms with E-state index in [2.05, 4.69) is 4.74 Å². The van der Waals surface area contributed by atoms with E-state index in [-0.39, 0.29) is 31.4 Å². The SMILES string of the molecule is COCC(=O)CC(=O)c1ccc2c(c1)OCO2. The van der Waals surface area contributed by atoms with Gasteiger partial charge in [0.05, 0.1) is 6.42 Å². The van der Waals surface area contributed by atoms with Crippen LogP contribution < -0.4 is 9.47 Å². The maximum atomic E-state index is 11.8. The molecule has 0 unspecified atom stereocenters. The zero-order valence-electron chi connectivity index (χ0n) is 9.39. The lowest BCUT2D eigenvalue weighted by Gasteiger charge is -2.02. The topological polar surface area (TPSA) is 61.8 Å². The molecule has 0 fully saturated rings. The molecule has 0 spiro atoms. The van der Waals surface area contributed by atoms with Crippen LogP contribution in [-0.2, 0) is 9.53 Å². The standard InChI is InChI=1S/C12H12O5/c1-15-6-9(13)5-10(14)8-2-3-11-12(4-8)17-7-16-11/h2-4H,5-7H2,1H3. The molecule has 2 rings (SSSR count). The molecular weight excluding hydrogens is 224 g/mol. The van der Waals surface area contributed by atoms with E-state index in [1.54, 1.807) is 18.2 Å². The lowest BCUT2D eigenvalue weighted by molar-refractivity contribution is -0.121. The minimum absolute atomic E-state index is 0.0453. The van der Waals surface area contributed by atoms with Crippen molar-refractivity contribution in [3.05, 3.63) is 23.8 Å². The fourth-order valence-electron chi connectivity index (χ4n) is 1.56. The number of hydrogen-bond acceptors (Lipinski definition) is 5. The Morgan fingerprint density at radius 1 is 1.29 bits per heavy atom. The van der Waals surface area contributed by atoms with Crippen molar-refractivity contribution in [3.8, 4) is 11.5 Å². The first kappa shape index (κ1) is 11.6. The van der Waals surface area contributed by atoms with Crippen LogP contribution in [0.3, 0.4) is 0 Å². The molecule has 1 heterocycles. The van der Waals surface area contributed by atoms with E-state index in [0.717, 1.165) is 0 Å². The van der Waals surface area contributed by atoms with Crippen molar-refractivity contribution in [1.29, 1.82) is 0 Å². The van der Waals surface area contributed by atoms with Gasteiger partial charge in [-0.05, 0) is 18.2 Å². The molecule has 0 saturated carbocycles. The molecule has 1 aromatic carbocycles. The minimum atomic E-state index is -0.245. The Balaban J connectivity index is 2.07. The summed E-state index contributed by atoms with van der Waals surface area (Å²) < 4.78 is 15.0. The van der Waals surface area contributed by atoms with Gasteiger partial charge in [0.2, 0.25) is 6.79 Å². The minimum Gasteiger partial charge on any atom is -0.454 e. The largest absolute Gasteiger partial charge is 0.454 e. The van der Waals surface area contributed by atoms with E-state index in [9.17, 15) is 9.59 Å². The lowest BCUT2D eigenvalue weighted by Crippen LogP contribution is -2.12. The van der Waals surface area contributed by atoms with Crippen molar-refractivity contribution in [2.75, 3.05) is 20.5 Å². The number of Topliss-reactive ketones (excluding diaryl/α,β-unsaturated/α-hetero) is 2. The Kier molecular flexibility index (Phi) is 3.39. The second kappa shape index (κ2) is 4.97. The highest BCUT2D eigenvalue weighted by Gasteiger charge is 2.17. The molecule has 0 saturated heterocycles. The fraction of sp³-hybridized carbons (Fsp3) is 0.333. The third-order valence-electron chi connectivity index (χ3n) is 2.36. The maximum absolute atomic E-state index is 11.8. The van der Waals surface area contributed by atoms with Crippen molar-refractivity contribution in [2.24, 2.45) is 0 Å². The summed E-state index contributed by atoms with van der Waals surface area (Å²) in [5.74, 6) is 0.667. The van der Waals surface area contributed by atoms with Gasteiger partial charge >= 0.3 is 0 Å². The number of ketones is 2. The van der Waals surface area contributed by atoms with Crippen LogP contribution in [0.2, 0.25) is 0 Å². The number of methoxy groups -OCH3 is 1. The number of hydrogen-bond donors (Lipinski definition) is 0. The number of carbonyl (C=O) groups excluding carboxylic acids is 2. The number of ether oxygens (including phenoxy) is 3. The Hall–Kier alpha value is -1.88. The summed E-state index contributed by atoms with van der Waals surface area (Å²) in [4.78, 5) is 23.0. The van der Waals surface area contributed by atoms with Crippen LogP contribution in [0.15, 0.2) is 18.2 Å². The van der Waals surface area contributed by atoms with Crippen molar-refractivity contribution in [2.45, 2.75) is 6.42 Å². The molecule has 0 atom stereocenters. The van der Waals surface area contributed by atoms with E-state index in [1.165, 1.54) is 7.11 Å². The predicted molar refractivity (Wildman–Crippen MR) is 58.4 cm³/mol. The summed E-state index contributed by atoms with van der Waals surface area (Å²) in [7, 11) is 1.42. The molecule has 0 aliphatic carbocycles. The first-order valence-corrected chi connectivity index (χ1v) is 5.14. The molecule has 0 N–H and O–H groups in total. The highest BCUT2D eigenvalue weighted by Crippen LogP contribution is 2.32. The molecule has 1 aromatic rings. The van der Waals surface area contributed by atoms with Crippen LogP contribution in [0.1, 0.15) is 16.8 Å². The summed E-state index contributed by atoms with van der Waals surface area (Å²) in [5, 5.41) is 0. The van der Waals surface area contributed by atoms with Gasteiger partial charge in [-0.15, -0.1) is 0 Å². The molecule has 1 aliphatic rings. The van der Waals surface area contributed by atoms with Crippen LogP contribution in [0.4, 0.5) is 0 Å². The second-order valence-electron chi connectivity index (χ2n) is 3.64. The summed E-state index contributed by atoms with van der Waals surface area (Å²) in [5.41, 5.74) is 0.443. The Morgan fingerprint density at radius 2 is 2.06 bits per heavy atom. The third kappa shape index (κ3) is 2.62. The smallest absolute Gasteiger partial charge is 0.231 e. The molecule has 5 nitrogen and oxygen atoms in total. The van der Waals surface area contributed by atoms with Crippen LogP contribution in [-0.4, -0.2) is 32.1 Å². The molecule has 0 bridgehead atoms. The van der Waals surface area contributed by atoms with Gasteiger partial charge in [-0.25, -0.2) is 0 Å². The number of carbonyl (C=O) groups is 2. The maximum Gasteiger partial charge on any atom is 0.231 e. The van der Waals surface area contributed by atoms with Crippen molar-refractivity contribution in [1.82, 2.24) is 0 Å². The van der Waals surface area contributed by atoms with Gasteiger partial charge in [-0.2, -0.15) is 0 Å².